The molecule has 0 spiro atoms. The number of aromatic nitrogens is 1. The van der Waals surface area contributed by atoms with Crippen molar-refractivity contribution in [3.8, 4) is 0 Å². The molecule has 0 saturated carbocycles. The molecule has 0 aliphatic heterocycles. The van der Waals surface area contributed by atoms with Gasteiger partial charge in [0.2, 0.25) is 0 Å². The first-order valence-corrected chi connectivity index (χ1v) is 4.52. The molecular formula is C8H10IN. The first-order valence-electron chi connectivity index (χ1n) is 3.44. The predicted octanol–water partition coefficient (Wildman–Crippen LogP) is 2.64. The second-order valence-corrected chi connectivity index (χ2v) is 3.34. The van der Waals surface area contributed by atoms with Gasteiger partial charge in [0.1, 0.15) is 0 Å². The highest BCUT2D eigenvalue weighted by Crippen LogP contribution is 2.09. The molecule has 1 nitrogen and oxygen atoms in total. The second-order valence-electron chi connectivity index (χ2n) is 2.18. The Morgan fingerprint density at radius 3 is 3.00 bits per heavy atom. The fraction of sp³-hybridized carbons (Fsp3) is 0.375. The van der Waals surface area contributed by atoms with Crippen LogP contribution in [0.25, 0.3) is 0 Å². The van der Waals surface area contributed by atoms with Gasteiger partial charge in [-0.1, -0.05) is 13.3 Å². The van der Waals surface area contributed by atoms with E-state index in [0.29, 0.717) is 0 Å². The van der Waals surface area contributed by atoms with Crippen molar-refractivity contribution in [2.24, 2.45) is 0 Å². The molecule has 10 heavy (non-hydrogen) atoms. The van der Waals surface area contributed by atoms with Crippen molar-refractivity contribution in [1.82, 2.24) is 4.98 Å². The van der Waals surface area contributed by atoms with E-state index in [-0.39, 0.29) is 0 Å². The van der Waals surface area contributed by atoms with Crippen LogP contribution in [0.5, 0.6) is 0 Å². The summed E-state index contributed by atoms with van der Waals surface area (Å²) in [7, 11) is 0. The number of nitrogens with zero attached hydrogens (tertiary/aromatic N) is 1. The molecule has 1 aromatic rings. The third kappa shape index (κ3) is 1.94. The molecule has 0 atom stereocenters. The van der Waals surface area contributed by atoms with Crippen molar-refractivity contribution in [3.05, 3.63) is 27.6 Å². The quantitative estimate of drug-likeness (QED) is 0.732. The molecule has 1 heterocycles. The standard InChI is InChI=1S/C8H10IN/c1-2-4-8-7(9)5-3-6-10-8/h3,5-6H,2,4H2,1H3. The normalized spacial score (nSPS) is 9.80. The number of pyridine rings is 1. The Balaban J connectivity index is 2.81. The Labute approximate surface area is 75.0 Å². The minimum absolute atomic E-state index is 1.10. The van der Waals surface area contributed by atoms with Crippen LogP contribution in [-0.4, -0.2) is 4.98 Å². The zero-order valence-electron chi connectivity index (χ0n) is 5.97. The summed E-state index contributed by atoms with van der Waals surface area (Å²) < 4.78 is 1.28. The summed E-state index contributed by atoms with van der Waals surface area (Å²) in [5.74, 6) is 0. The maximum absolute atomic E-state index is 4.26. The molecule has 0 saturated heterocycles. The van der Waals surface area contributed by atoms with Crippen LogP contribution in [0.4, 0.5) is 0 Å². The molecule has 0 bridgehead atoms. The van der Waals surface area contributed by atoms with Gasteiger partial charge in [0, 0.05) is 9.77 Å². The zero-order valence-corrected chi connectivity index (χ0v) is 8.13. The van der Waals surface area contributed by atoms with E-state index in [2.05, 4.69) is 40.6 Å². The number of rotatable bonds is 2. The fourth-order valence-electron chi connectivity index (χ4n) is 0.839. The lowest BCUT2D eigenvalue weighted by atomic mass is 10.2. The Hall–Kier alpha value is -0.120. The highest BCUT2D eigenvalue weighted by atomic mass is 127. The maximum Gasteiger partial charge on any atom is 0.0536 e. The Morgan fingerprint density at radius 1 is 1.60 bits per heavy atom. The number of hydrogen-bond donors (Lipinski definition) is 0. The lowest BCUT2D eigenvalue weighted by molar-refractivity contribution is 0.875. The van der Waals surface area contributed by atoms with E-state index in [1.54, 1.807) is 0 Å². The van der Waals surface area contributed by atoms with Crippen LogP contribution in [0.2, 0.25) is 0 Å². The van der Waals surface area contributed by atoms with Crippen LogP contribution >= 0.6 is 22.6 Å². The largest absolute Gasteiger partial charge is 0.260 e. The second kappa shape index (κ2) is 3.91. The minimum atomic E-state index is 1.10. The summed E-state index contributed by atoms with van der Waals surface area (Å²) in [5.41, 5.74) is 1.23. The smallest absolute Gasteiger partial charge is 0.0536 e. The monoisotopic (exact) mass is 247 g/mol. The van der Waals surface area contributed by atoms with E-state index in [1.807, 2.05) is 12.3 Å². The molecule has 0 aromatic carbocycles. The third-order valence-electron chi connectivity index (χ3n) is 1.32. The first-order chi connectivity index (χ1) is 4.84. The van der Waals surface area contributed by atoms with Crippen LogP contribution in [0.1, 0.15) is 19.0 Å². The van der Waals surface area contributed by atoms with Gasteiger partial charge in [-0.3, -0.25) is 4.98 Å². The average molecular weight is 247 g/mol. The van der Waals surface area contributed by atoms with Gasteiger partial charge < -0.3 is 0 Å². The SMILES string of the molecule is CCCc1ncccc1I. The molecule has 0 amide bonds. The summed E-state index contributed by atoms with van der Waals surface area (Å²) in [5, 5.41) is 0. The summed E-state index contributed by atoms with van der Waals surface area (Å²) in [6.07, 6.45) is 4.12. The highest BCUT2D eigenvalue weighted by molar-refractivity contribution is 14.1. The molecule has 0 aliphatic carbocycles. The predicted molar refractivity (Wildman–Crippen MR) is 50.9 cm³/mol. The van der Waals surface area contributed by atoms with Crippen LogP contribution in [0, 0.1) is 3.57 Å². The van der Waals surface area contributed by atoms with E-state index < -0.39 is 0 Å². The molecule has 0 unspecified atom stereocenters. The molecule has 0 N–H and O–H groups in total. The van der Waals surface area contributed by atoms with Crippen molar-refractivity contribution in [1.29, 1.82) is 0 Å². The van der Waals surface area contributed by atoms with Gasteiger partial charge in [0.05, 0.1) is 5.69 Å². The number of aryl methyl sites for hydroxylation is 1. The molecule has 2 heteroatoms. The maximum atomic E-state index is 4.26. The van der Waals surface area contributed by atoms with Crippen molar-refractivity contribution in [3.63, 3.8) is 0 Å². The molecule has 54 valence electrons. The molecule has 0 fully saturated rings. The Kier molecular flexibility index (Phi) is 3.12. The summed E-state index contributed by atoms with van der Waals surface area (Å²) in [6.45, 7) is 2.17. The minimum Gasteiger partial charge on any atom is -0.260 e. The average Bonchev–Trinajstić information content (AvgIpc) is 1.94. The topological polar surface area (TPSA) is 12.9 Å². The third-order valence-corrected chi connectivity index (χ3v) is 2.30. The summed E-state index contributed by atoms with van der Waals surface area (Å²) >= 11 is 2.32. The molecule has 1 aromatic heterocycles. The molecular weight excluding hydrogens is 237 g/mol. The van der Waals surface area contributed by atoms with Gasteiger partial charge >= 0.3 is 0 Å². The van der Waals surface area contributed by atoms with Crippen molar-refractivity contribution in [2.45, 2.75) is 19.8 Å². The van der Waals surface area contributed by atoms with E-state index in [4.69, 9.17) is 0 Å². The van der Waals surface area contributed by atoms with Gasteiger partial charge in [0.25, 0.3) is 0 Å². The zero-order chi connectivity index (χ0) is 7.40. The Bertz CT molecular complexity index is 210. The summed E-state index contributed by atoms with van der Waals surface area (Å²) in [6, 6.07) is 4.07. The van der Waals surface area contributed by atoms with Crippen molar-refractivity contribution in [2.75, 3.05) is 0 Å². The summed E-state index contributed by atoms with van der Waals surface area (Å²) in [4.78, 5) is 4.26. The number of hydrogen-bond acceptors (Lipinski definition) is 1. The van der Waals surface area contributed by atoms with Crippen LogP contribution < -0.4 is 0 Å². The van der Waals surface area contributed by atoms with Gasteiger partial charge in [-0.2, -0.15) is 0 Å². The van der Waals surface area contributed by atoms with E-state index >= 15 is 0 Å². The fourth-order valence-corrected chi connectivity index (χ4v) is 1.46. The lowest BCUT2D eigenvalue weighted by Crippen LogP contribution is -1.90. The lowest BCUT2D eigenvalue weighted by Gasteiger charge is -1.98. The van der Waals surface area contributed by atoms with Gasteiger partial charge in [-0.15, -0.1) is 0 Å². The van der Waals surface area contributed by atoms with Gasteiger partial charge in [0.15, 0.2) is 0 Å². The molecule has 0 radical (unpaired) electrons. The van der Waals surface area contributed by atoms with Crippen molar-refractivity contribution >= 4 is 22.6 Å². The molecule has 1 rings (SSSR count). The van der Waals surface area contributed by atoms with Crippen LogP contribution in [0.15, 0.2) is 18.3 Å². The van der Waals surface area contributed by atoms with Gasteiger partial charge in [-0.05, 0) is 41.1 Å². The number of halogens is 1. The van der Waals surface area contributed by atoms with Crippen LogP contribution in [-0.2, 0) is 6.42 Å². The molecule has 0 aliphatic rings. The van der Waals surface area contributed by atoms with E-state index in [1.165, 1.54) is 15.7 Å². The Morgan fingerprint density at radius 2 is 2.40 bits per heavy atom. The van der Waals surface area contributed by atoms with Crippen LogP contribution in [0.3, 0.4) is 0 Å². The van der Waals surface area contributed by atoms with E-state index in [0.717, 1.165) is 6.42 Å². The first kappa shape index (κ1) is 7.98. The highest BCUT2D eigenvalue weighted by Gasteiger charge is 1.95. The van der Waals surface area contributed by atoms with Crippen molar-refractivity contribution < 1.29 is 0 Å². The van der Waals surface area contributed by atoms with E-state index in [9.17, 15) is 0 Å². The van der Waals surface area contributed by atoms with Gasteiger partial charge in [-0.25, -0.2) is 0 Å².